The zero-order valence-electron chi connectivity index (χ0n) is 12.6. The monoisotopic (exact) mass is 326 g/mol. The molecule has 1 heterocycles. The van der Waals surface area contributed by atoms with Gasteiger partial charge in [-0.1, -0.05) is 19.3 Å². The minimum Gasteiger partial charge on any atom is -0.545 e. The van der Waals surface area contributed by atoms with E-state index in [1.165, 1.54) is 23.5 Å². The van der Waals surface area contributed by atoms with Crippen LogP contribution in [0.5, 0.6) is 5.75 Å². The van der Waals surface area contributed by atoms with Gasteiger partial charge in [-0.25, -0.2) is 8.42 Å². The van der Waals surface area contributed by atoms with Crippen molar-refractivity contribution in [1.82, 2.24) is 4.31 Å². The summed E-state index contributed by atoms with van der Waals surface area (Å²) < 4.78 is 32.2. The van der Waals surface area contributed by atoms with E-state index in [-0.39, 0.29) is 16.2 Å². The first-order valence-corrected chi connectivity index (χ1v) is 8.80. The third-order valence-electron chi connectivity index (χ3n) is 3.83. The molecule has 0 atom stereocenters. The molecule has 1 fully saturated rings. The highest BCUT2D eigenvalue weighted by molar-refractivity contribution is 7.89. The second-order valence-electron chi connectivity index (χ2n) is 5.32. The van der Waals surface area contributed by atoms with Crippen molar-refractivity contribution in [3.8, 4) is 5.75 Å². The van der Waals surface area contributed by atoms with Crippen LogP contribution in [-0.4, -0.2) is 38.9 Å². The molecule has 7 heteroatoms. The van der Waals surface area contributed by atoms with Gasteiger partial charge in [0.25, 0.3) is 0 Å². The Morgan fingerprint density at radius 3 is 2.27 bits per heavy atom. The maximum absolute atomic E-state index is 12.8. The molecule has 0 radical (unpaired) electrons. The standard InChI is InChI=1S/C15H21NO5S/c1-21-13-8-7-12(15(17)18)11-14(13)22(19,20)16-9-5-3-2-4-6-10-16/h7-8,11H,2-6,9-10H2,1H3,(H,17,18)/p-1. The van der Waals surface area contributed by atoms with E-state index in [0.29, 0.717) is 13.1 Å². The van der Waals surface area contributed by atoms with Gasteiger partial charge in [-0.2, -0.15) is 4.31 Å². The lowest BCUT2D eigenvalue weighted by molar-refractivity contribution is -0.255. The molecule has 22 heavy (non-hydrogen) atoms. The van der Waals surface area contributed by atoms with E-state index in [1.807, 2.05) is 0 Å². The number of ether oxygens (including phenoxy) is 1. The molecule has 2 rings (SSSR count). The second kappa shape index (κ2) is 7.11. The lowest BCUT2D eigenvalue weighted by Crippen LogP contribution is -2.34. The summed E-state index contributed by atoms with van der Waals surface area (Å²) in [6.07, 6.45) is 4.74. The molecule has 0 aromatic heterocycles. The number of carboxylic acids is 1. The average Bonchev–Trinajstić information content (AvgIpc) is 2.45. The van der Waals surface area contributed by atoms with Crippen molar-refractivity contribution < 1.29 is 23.1 Å². The molecule has 6 nitrogen and oxygen atoms in total. The summed E-state index contributed by atoms with van der Waals surface area (Å²) in [5, 5.41) is 11.0. The first-order chi connectivity index (χ1) is 10.5. The van der Waals surface area contributed by atoms with Crippen molar-refractivity contribution in [1.29, 1.82) is 0 Å². The van der Waals surface area contributed by atoms with Gasteiger partial charge in [-0.15, -0.1) is 0 Å². The molecule has 122 valence electrons. The number of carbonyl (C=O) groups excluding carboxylic acids is 1. The summed E-state index contributed by atoms with van der Waals surface area (Å²) in [4.78, 5) is 10.9. The highest BCUT2D eigenvalue weighted by atomic mass is 32.2. The smallest absolute Gasteiger partial charge is 0.246 e. The fraction of sp³-hybridized carbons (Fsp3) is 0.533. The molecule has 1 aliphatic heterocycles. The lowest BCUT2D eigenvalue weighted by Gasteiger charge is -2.25. The predicted octanol–water partition coefficient (Wildman–Crippen LogP) is 1.01. The number of hydrogen-bond acceptors (Lipinski definition) is 5. The fourth-order valence-corrected chi connectivity index (χ4v) is 4.30. The Hall–Kier alpha value is -1.60. The number of hydrogen-bond donors (Lipinski definition) is 0. The molecule has 1 aliphatic rings. The summed E-state index contributed by atoms with van der Waals surface area (Å²) >= 11 is 0. The number of benzene rings is 1. The molecule has 0 amide bonds. The van der Waals surface area contributed by atoms with Gasteiger partial charge in [-0.3, -0.25) is 0 Å². The third kappa shape index (κ3) is 3.59. The summed E-state index contributed by atoms with van der Waals surface area (Å²) in [7, 11) is -2.42. The second-order valence-corrected chi connectivity index (χ2v) is 7.23. The molecule has 0 aliphatic carbocycles. The maximum Gasteiger partial charge on any atom is 0.246 e. The quantitative estimate of drug-likeness (QED) is 0.824. The van der Waals surface area contributed by atoms with Gasteiger partial charge in [0.05, 0.1) is 13.1 Å². The Bertz CT molecular complexity index is 633. The Labute approximate surface area is 130 Å². The molecular formula is C15H20NO5S-. The summed E-state index contributed by atoms with van der Waals surface area (Å²) in [5.41, 5.74) is -0.175. The van der Waals surface area contributed by atoms with E-state index in [9.17, 15) is 18.3 Å². The van der Waals surface area contributed by atoms with Crippen LogP contribution in [-0.2, 0) is 10.0 Å². The molecule has 1 saturated heterocycles. The third-order valence-corrected chi connectivity index (χ3v) is 5.75. The molecule has 0 spiro atoms. The van der Waals surface area contributed by atoms with Crippen LogP contribution >= 0.6 is 0 Å². The van der Waals surface area contributed by atoms with E-state index < -0.39 is 16.0 Å². The van der Waals surface area contributed by atoms with Crippen molar-refractivity contribution >= 4 is 16.0 Å². The van der Waals surface area contributed by atoms with Crippen LogP contribution in [0.1, 0.15) is 42.5 Å². The first kappa shape index (κ1) is 16.8. The highest BCUT2D eigenvalue weighted by Gasteiger charge is 2.28. The van der Waals surface area contributed by atoms with Crippen LogP contribution in [0.25, 0.3) is 0 Å². The molecule has 0 unspecified atom stereocenters. The van der Waals surface area contributed by atoms with Crippen LogP contribution in [0.4, 0.5) is 0 Å². The Balaban J connectivity index is 2.42. The Kier molecular flexibility index (Phi) is 5.42. The minimum atomic E-state index is -3.78. The van der Waals surface area contributed by atoms with Crippen molar-refractivity contribution in [2.45, 2.75) is 37.0 Å². The zero-order chi connectivity index (χ0) is 16.2. The van der Waals surface area contributed by atoms with E-state index >= 15 is 0 Å². The number of methoxy groups -OCH3 is 1. The van der Waals surface area contributed by atoms with Crippen LogP contribution in [0.15, 0.2) is 23.1 Å². The van der Waals surface area contributed by atoms with E-state index in [0.717, 1.165) is 38.2 Å². The van der Waals surface area contributed by atoms with Gasteiger partial charge in [0.15, 0.2) is 0 Å². The largest absolute Gasteiger partial charge is 0.545 e. The Morgan fingerprint density at radius 2 is 1.73 bits per heavy atom. The number of aromatic carboxylic acids is 1. The number of sulfonamides is 1. The highest BCUT2D eigenvalue weighted by Crippen LogP contribution is 2.29. The molecule has 1 aromatic carbocycles. The van der Waals surface area contributed by atoms with E-state index in [4.69, 9.17) is 4.74 Å². The van der Waals surface area contributed by atoms with Crippen LogP contribution < -0.4 is 9.84 Å². The van der Waals surface area contributed by atoms with Gasteiger partial charge in [-0.05, 0) is 36.6 Å². The van der Waals surface area contributed by atoms with E-state index in [1.54, 1.807) is 0 Å². The van der Waals surface area contributed by atoms with Gasteiger partial charge in [0, 0.05) is 13.1 Å². The summed E-state index contributed by atoms with van der Waals surface area (Å²) in [6.45, 7) is 0.891. The number of carboxylic acid groups (broad SMARTS) is 1. The average molecular weight is 326 g/mol. The normalized spacial score (nSPS) is 17.5. The van der Waals surface area contributed by atoms with Crippen LogP contribution in [0, 0.1) is 0 Å². The van der Waals surface area contributed by atoms with E-state index in [2.05, 4.69) is 0 Å². The molecule has 0 bridgehead atoms. The number of rotatable bonds is 4. The van der Waals surface area contributed by atoms with Gasteiger partial charge >= 0.3 is 0 Å². The van der Waals surface area contributed by atoms with Crippen LogP contribution in [0.2, 0.25) is 0 Å². The molecule has 0 saturated carbocycles. The summed E-state index contributed by atoms with van der Waals surface area (Å²) in [6, 6.07) is 3.74. The SMILES string of the molecule is COc1ccc(C(=O)[O-])cc1S(=O)(=O)N1CCCCCCC1. The minimum absolute atomic E-state index is 0.114. The van der Waals surface area contributed by atoms with Crippen molar-refractivity contribution in [2.24, 2.45) is 0 Å². The van der Waals surface area contributed by atoms with Gasteiger partial charge in [0.2, 0.25) is 10.0 Å². The number of nitrogens with zero attached hydrogens (tertiary/aromatic N) is 1. The summed E-state index contributed by atoms with van der Waals surface area (Å²) in [5.74, 6) is -1.26. The maximum atomic E-state index is 12.8. The topological polar surface area (TPSA) is 86.7 Å². The Morgan fingerprint density at radius 1 is 1.14 bits per heavy atom. The first-order valence-electron chi connectivity index (χ1n) is 7.36. The zero-order valence-corrected chi connectivity index (χ0v) is 13.4. The van der Waals surface area contributed by atoms with Crippen molar-refractivity contribution in [3.05, 3.63) is 23.8 Å². The molecule has 0 N–H and O–H groups in total. The molecule has 1 aromatic rings. The lowest BCUT2D eigenvalue weighted by atomic mass is 10.1. The fourth-order valence-electron chi connectivity index (χ4n) is 2.60. The van der Waals surface area contributed by atoms with Gasteiger partial charge in [0.1, 0.15) is 10.6 Å². The van der Waals surface area contributed by atoms with Gasteiger partial charge < -0.3 is 14.6 Å². The number of carbonyl (C=O) groups is 1. The van der Waals surface area contributed by atoms with Crippen LogP contribution in [0.3, 0.4) is 0 Å². The van der Waals surface area contributed by atoms with Crippen molar-refractivity contribution in [3.63, 3.8) is 0 Å². The molecular weight excluding hydrogens is 306 g/mol. The van der Waals surface area contributed by atoms with Crippen molar-refractivity contribution in [2.75, 3.05) is 20.2 Å². The predicted molar refractivity (Wildman–Crippen MR) is 79.2 cm³/mol.